The zero-order valence-corrected chi connectivity index (χ0v) is 32.1. The number of nitrogens with one attached hydrogen (secondary N) is 2. The first-order valence-electron chi connectivity index (χ1n) is 18.1. The van der Waals surface area contributed by atoms with Crippen LogP contribution in [0, 0.1) is 29.4 Å². The maximum absolute atomic E-state index is 16.6. The van der Waals surface area contributed by atoms with E-state index >= 15 is 4.39 Å². The fraction of sp³-hybridized carbons (Fsp3) is 0.459. The quantitative estimate of drug-likeness (QED) is 0.195. The molecule has 1 spiro atoms. The third kappa shape index (κ3) is 6.42. The molecular formula is C37H37F3N8O4S3. The first-order valence-corrected chi connectivity index (χ1v) is 22.2. The van der Waals surface area contributed by atoms with Crippen molar-refractivity contribution in [3.63, 3.8) is 0 Å². The molecule has 5 heterocycles. The molecule has 12 nitrogen and oxygen atoms in total. The standard InChI is InChI=1S/C37H37F3N8O4S3/c1-36(41-2)15-24(16-36)47-17-22-9-10-23(18-47)48(22)35-45-31(25-5-3-8-28(30(25)40)46-55(51,52)33-26(38)6-4-7-27(33)39)32(53-35)29-11-12-42-34(44-29)43-21-13-37(14-21)19-54(49,50)20-37/h3-8,11-12,21-24,46H,9-10,13-20H2,1H3,(H,42,43,44). The van der Waals surface area contributed by atoms with Crippen LogP contribution < -0.4 is 14.9 Å². The first kappa shape index (κ1) is 36.3. The van der Waals surface area contributed by atoms with Crippen LogP contribution in [0.2, 0.25) is 0 Å². The smallest absolute Gasteiger partial charge is 0.267 e. The van der Waals surface area contributed by atoms with E-state index in [2.05, 4.69) is 24.9 Å². The van der Waals surface area contributed by atoms with Gasteiger partial charge in [0.15, 0.2) is 25.7 Å². The molecule has 2 N–H and O–H groups in total. The van der Waals surface area contributed by atoms with Gasteiger partial charge in [-0.2, -0.15) is 0 Å². The molecule has 5 fully saturated rings. The summed E-state index contributed by atoms with van der Waals surface area (Å²) in [5.41, 5.74) is -0.368. The van der Waals surface area contributed by atoms with E-state index in [9.17, 15) is 25.6 Å². The van der Waals surface area contributed by atoms with E-state index in [1.807, 2.05) is 11.6 Å². The fourth-order valence-corrected chi connectivity index (χ4v) is 14.0. The van der Waals surface area contributed by atoms with Crippen molar-refractivity contribution in [2.75, 3.05) is 39.5 Å². The summed E-state index contributed by atoms with van der Waals surface area (Å²) in [4.78, 5) is 22.1. The molecule has 0 amide bonds. The highest BCUT2D eigenvalue weighted by Crippen LogP contribution is 2.51. The van der Waals surface area contributed by atoms with Crippen LogP contribution in [0.3, 0.4) is 0 Å². The Labute approximate surface area is 321 Å². The van der Waals surface area contributed by atoms with E-state index in [0.717, 1.165) is 57.0 Å². The molecule has 3 saturated heterocycles. The van der Waals surface area contributed by atoms with Crippen molar-refractivity contribution in [1.29, 1.82) is 0 Å². The number of likely N-dealkylation sites (tertiary alicyclic amines) is 1. The molecule has 2 unspecified atom stereocenters. The van der Waals surface area contributed by atoms with Gasteiger partial charge in [-0.1, -0.05) is 23.5 Å². The van der Waals surface area contributed by atoms with E-state index in [0.29, 0.717) is 40.5 Å². The van der Waals surface area contributed by atoms with E-state index in [-0.39, 0.29) is 51.8 Å². The molecule has 55 heavy (non-hydrogen) atoms. The lowest BCUT2D eigenvalue weighted by atomic mass is 9.67. The number of hydrogen-bond acceptors (Lipinski definition) is 11. The van der Waals surface area contributed by atoms with Crippen LogP contribution in [-0.2, 0) is 19.9 Å². The molecular weight excluding hydrogens is 774 g/mol. The van der Waals surface area contributed by atoms with Gasteiger partial charge in [-0.25, -0.2) is 51.5 Å². The summed E-state index contributed by atoms with van der Waals surface area (Å²) in [6, 6.07) is 9.07. The average Bonchev–Trinajstić information content (AvgIpc) is 3.63. The van der Waals surface area contributed by atoms with Crippen LogP contribution in [0.15, 0.2) is 53.6 Å². The van der Waals surface area contributed by atoms with Crippen molar-refractivity contribution < 1.29 is 30.0 Å². The van der Waals surface area contributed by atoms with Crippen molar-refractivity contribution in [2.24, 2.45) is 5.41 Å². The number of hydrogen-bond donors (Lipinski definition) is 2. The van der Waals surface area contributed by atoms with Crippen LogP contribution in [-0.4, -0.2) is 91.0 Å². The van der Waals surface area contributed by atoms with Crippen LogP contribution in [0.4, 0.5) is 29.9 Å². The molecule has 9 rings (SSSR count). The number of sulfonamides is 1. The summed E-state index contributed by atoms with van der Waals surface area (Å²) < 4.78 is 97.7. The number of thiazole rings is 1. The largest absolute Gasteiger partial charge is 0.351 e. The number of nitrogens with zero attached hydrogens (tertiary/aromatic N) is 6. The van der Waals surface area contributed by atoms with Crippen molar-refractivity contribution in [3.05, 3.63) is 77.5 Å². The average molecular weight is 811 g/mol. The number of rotatable bonds is 9. The maximum atomic E-state index is 16.6. The van der Waals surface area contributed by atoms with Crippen LogP contribution in [0.5, 0.6) is 0 Å². The Balaban J connectivity index is 1.05. The Hall–Kier alpha value is -4.31. The van der Waals surface area contributed by atoms with Crippen molar-refractivity contribution in [3.8, 4) is 21.8 Å². The maximum Gasteiger partial charge on any atom is 0.267 e. The zero-order valence-electron chi connectivity index (χ0n) is 29.7. The summed E-state index contributed by atoms with van der Waals surface area (Å²) >= 11 is 1.35. The number of fused-ring (bicyclic) bond motifs is 2. The Bertz CT molecular complexity index is 2430. The predicted octanol–water partition coefficient (Wildman–Crippen LogP) is 5.97. The number of halogens is 3. The molecule has 4 aromatic rings. The highest BCUT2D eigenvalue weighted by molar-refractivity contribution is 7.93. The van der Waals surface area contributed by atoms with Gasteiger partial charge < -0.3 is 15.1 Å². The summed E-state index contributed by atoms with van der Waals surface area (Å²) in [5.74, 6) is -2.89. The lowest BCUT2D eigenvalue weighted by molar-refractivity contribution is 0.0651. The van der Waals surface area contributed by atoms with Crippen LogP contribution >= 0.6 is 11.3 Å². The van der Waals surface area contributed by atoms with E-state index in [4.69, 9.17) is 16.5 Å². The van der Waals surface area contributed by atoms with Gasteiger partial charge in [0, 0.05) is 74.2 Å². The monoisotopic (exact) mass is 810 g/mol. The molecule has 2 aliphatic carbocycles. The number of sulfone groups is 1. The molecule has 2 aromatic carbocycles. The van der Waals surface area contributed by atoms with Crippen LogP contribution in [0.1, 0.15) is 45.4 Å². The lowest BCUT2D eigenvalue weighted by Crippen LogP contribution is -2.61. The summed E-state index contributed by atoms with van der Waals surface area (Å²) in [6.07, 6.45) is 6.54. The van der Waals surface area contributed by atoms with Gasteiger partial charge in [0.05, 0.1) is 33.5 Å². The topological polar surface area (TPSA) is 142 Å². The molecule has 2 atom stereocenters. The van der Waals surface area contributed by atoms with Gasteiger partial charge in [-0.15, -0.1) is 0 Å². The Morgan fingerprint density at radius 3 is 2.27 bits per heavy atom. The second-order valence-corrected chi connectivity index (χ2v) is 20.6. The first-order chi connectivity index (χ1) is 26.1. The van der Waals surface area contributed by atoms with Gasteiger partial charge in [-0.05, 0) is 56.0 Å². The van der Waals surface area contributed by atoms with Crippen LogP contribution in [0.25, 0.3) is 26.7 Å². The molecule has 0 radical (unpaired) electrons. The highest BCUT2D eigenvalue weighted by Gasteiger charge is 2.56. The second-order valence-electron chi connectivity index (χ2n) is 16.0. The van der Waals surface area contributed by atoms with Crippen molar-refractivity contribution >= 4 is 48.0 Å². The van der Waals surface area contributed by atoms with Gasteiger partial charge in [-0.3, -0.25) is 9.62 Å². The SMILES string of the molecule is [C-]#[N+]C1(C)CC(N2CC3CCC(C2)N3c2nc(-c3cccc(NS(=O)(=O)c4c(F)cccc4F)c3F)c(-c3ccnc(NC4CC5(C4)CS(=O)(=O)C5)n3)s2)C1. The highest BCUT2D eigenvalue weighted by atomic mass is 32.2. The molecule has 5 aliphatic rings. The molecule has 2 bridgehead atoms. The number of piperazine rings is 1. The summed E-state index contributed by atoms with van der Waals surface area (Å²) in [6.45, 7) is 11.2. The molecule has 2 aromatic heterocycles. The van der Waals surface area contributed by atoms with Crippen molar-refractivity contribution in [2.45, 2.75) is 80.1 Å². The zero-order chi connectivity index (χ0) is 38.5. The lowest BCUT2D eigenvalue weighted by Gasteiger charge is -2.53. The number of aromatic nitrogens is 3. The minimum Gasteiger partial charge on any atom is -0.351 e. The molecule has 18 heteroatoms. The number of benzene rings is 2. The summed E-state index contributed by atoms with van der Waals surface area (Å²) in [5, 5.41) is 3.98. The Morgan fingerprint density at radius 2 is 1.62 bits per heavy atom. The fourth-order valence-electron chi connectivity index (χ4n) is 9.31. The molecule has 3 aliphatic heterocycles. The van der Waals surface area contributed by atoms with Gasteiger partial charge in [0.2, 0.25) is 11.5 Å². The summed E-state index contributed by atoms with van der Waals surface area (Å²) in [7, 11) is -7.83. The molecule has 2 saturated carbocycles. The predicted molar refractivity (Wildman–Crippen MR) is 202 cm³/mol. The van der Waals surface area contributed by atoms with Gasteiger partial charge >= 0.3 is 0 Å². The Kier molecular flexibility index (Phi) is 8.50. The van der Waals surface area contributed by atoms with Crippen molar-refractivity contribution in [1.82, 2.24) is 19.9 Å². The van der Waals surface area contributed by atoms with E-state index in [1.54, 1.807) is 12.3 Å². The third-order valence-corrected chi connectivity index (χ3v) is 16.4. The Morgan fingerprint density at radius 1 is 0.945 bits per heavy atom. The second kappa shape index (κ2) is 12.9. The minimum atomic E-state index is -4.87. The molecule has 288 valence electrons. The minimum absolute atomic E-state index is 0.000999. The van der Waals surface area contributed by atoms with E-state index < -0.39 is 47.9 Å². The van der Waals surface area contributed by atoms with Gasteiger partial charge in [0.25, 0.3) is 10.0 Å². The number of anilines is 3. The normalized spacial score (nSPS) is 26.8. The van der Waals surface area contributed by atoms with Gasteiger partial charge in [0.1, 0.15) is 11.6 Å². The third-order valence-electron chi connectivity index (χ3n) is 11.8. The van der Waals surface area contributed by atoms with E-state index in [1.165, 1.54) is 29.5 Å².